The van der Waals surface area contributed by atoms with E-state index in [1.165, 1.54) is 13.8 Å². The summed E-state index contributed by atoms with van der Waals surface area (Å²) in [6.45, 7) is 15.0. The zero-order chi connectivity index (χ0) is 20.1. The summed E-state index contributed by atoms with van der Waals surface area (Å²) in [6, 6.07) is 0. The van der Waals surface area contributed by atoms with Gasteiger partial charge in [-0.25, -0.2) is 0 Å². The molecule has 0 aromatic heterocycles. The summed E-state index contributed by atoms with van der Waals surface area (Å²) in [5, 5.41) is 0. The van der Waals surface area contributed by atoms with Crippen LogP contribution in [0.4, 0.5) is 0 Å². The Kier molecular flexibility index (Phi) is 14.8. The van der Waals surface area contributed by atoms with Gasteiger partial charge in [-0.1, -0.05) is 41.5 Å². The van der Waals surface area contributed by atoms with E-state index in [4.69, 9.17) is 11.5 Å². The van der Waals surface area contributed by atoms with E-state index < -0.39 is 0 Å². The van der Waals surface area contributed by atoms with Crippen LogP contribution in [0.1, 0.15) is 68.2 Å². The highest BCUT2D eigenvalue weighted by atomic mass is 16.2. The first-order valence-corrected chi connectivity index (χ1v) is 8.05. The molecule has 0 saturated carbocycles. The van der Waals surface area contributed by atoms with Crippen molar-refractivity contribution >= 4 is 23.1 Å². The Hall–Kier alpha value is -1.40. The highest BCUT2D eigenvalue weighted by molar-refractivity contribution is 6.00. The maximum atomic E-state index is 11.1. The lowest BCUT2D eigenvalue weighted by Gasteiger charge is -2.14. The normalized spacial score (nSPS) is 10.6. The van der Waals surface area contributed by atoms with Crippen LogP contribution < -0.4 is 11.5 Å². The molecule has 0 heterocycles. The quantitative estimate of drug-likeness (QED) is 0.736. The van der Waals surface area contributed by atoms with E-state index in [-0.39, 0.29) is 46.8 Å². The fraction of sp³-hybridized carbons (Fsp3) is 0.778. The summed E-state index contributed by atoms with van der Waals surface area (Å²) < 4.78 is 0. The number of ketones is 4. The highest BCUT2D eigenvalue weighted by Gasteiger charge is 2.22. The van der Waals surface area contributed by atoms with Gasteiger partial charge in [-0.05, 0) is 13.8 Å². The SMILES string of the molecule is CC(=O)CC(=O)C(C)(C)C.CC(=O)CC(=O)C(C)(C)C.NCCN. The van der Waals surface area contributed by atoms with Gasteiger partial charge in [0.25, 0.3) is 0 Å². The number of Topliss-reactive ketones (excluding diaryl/α,β-unsaturated/α-hetero) is 4. The van der Waals surface area contributed by atoms with Crippen LogP contribution in [0.15, 0.2) is 0 Å². The van der Waals surface area contributed by atoms with E-state index in [1.54, 1.807) is 0 Å². The minimum absolute atomic E-state index is 0.0139. The molecule has 0 radical (unpaired) electrons. The fourth-order valence-electron chi connectivity index (χ4n) is 0.983. The number of carbonyl (C=O) groups is 4. The average Bonchev–Trinajstić information content (AvgIpc) is 2.36. The van der Waals surface area contributed by atoms with Crippen molar-refractivity contribution in [3.8, 4) is 0 Å². The zero-order valence-electron chi connectivity index (χ0n) is 16.6. The minimum atomic E-state index is -0.369. The van der Waals surface area contributed by atoms with Gasteiger partial charge in [-0.15, -0.1) is 0 Å². The molecule has 24 heavy (non-hydrogen) atoms. The molecule has 6 nitrogen and oxygen atoms in total. The van der Waals surface area contributed by atoms with Crippen LogP contribution in [0.25, 0.3) is 0 Å². The van der Waals surface area contributed by atoms with Crippen molar-refractivity contribution in [3.63, 3.8) is 0 Å². The molecule has 0 spiro atoms. The molecule has 0 aliphatic carbocycles. The molecule has 4 N–H and O–H groups in total. The van der Waals surface area contributed by atoms with Gasteiger partial charge < -0.3 is 11.5 Å². The first-order valence-electron chi connectivity index (χ1n) is 8.05. The summed E-state index contributed by atoms with van der Waals surface area (Å²) in [4.78, 5) is 43.1. The Bertz CT molecular complexity index is 376. The van der Waals surface area contributed by atoms with E-state index in [0.29, 0.717) is 13.1 Å². The van der Waals surface area contributed by atoms with Crippen LogP contribution in [0.2, 0.25) is 0 Å². The Morgan fingerprint density at radius 1 is 0.625 bits per heavy atom. The van der Waals surface area contributed by atoms with Crippen molar-refractivity contribution in [2.75, 3.05) is 13.1 Å². The van der Waals surface area contributed by atoms with E-state index in [0.717, 1.165) is 0 Å². The van der Waals surface area contributed by atoms with E-state index in [9.17, 15) is 19.2 Å². The van der Waals surface area contributed by atoms with Crippen LogP contribution in [0, 0.1) is 10.8 Å². The second-order valence-corrected chi connectivity index (χ2v) is 7.68. The lowest BCUT2D eigenvalue weighted by molar-refractivity contribution is -0.132. The van der Waals surface area contributed by atoms with Crippen LogP contribution >= 0.6 is 0 Å². The summed E-state index contributed by atoms with van der Waals surface area (Å²) in [7, 11) is 0. The van der Waals surface area contributed by atoms with Gasteiger partial charge >= 0.3 is 0 Å². The molecule has 6 heteroatoms. The third-order valence-electron chi connectivity index (χ3n) is 2.66. The van der Waals surface area contributed by atoms with Gasteiger partial charge in [-0.2, -0.15) is 0 Å². The average molecular weight is 344 g/mol. The minimum Gasteiger partial charge on any atom is -0.329 e. The van der Waals surface area contributed by atoms with Gasteiger partial charge in [0, 0.05) is 23.9 Å². The largest absolute Gasteiger partial charge is 0.329 e. The molecule has 0 aliphatic rings. The first-order chi connectivity index (χ1) is 10.6. The second kappa shape index (κ2) is 13.0. The Balaban J connectivity index is -0.000000301. The molecule has 0 aromatic rings. The van der Waals surface area contributed by atoms with Crippen molar-refractivity contribution in [3.05, 3.63) is 0 Å². The van der Waals surface area contributed by atoms with Gasteiger partial charge in [0.1, 0.15) is 23.1 Å². The van der Waals surface area contributed by atoms with Crippen LogP contribution in [0.3, 0.4) is 0 Å². The van der Waals surface area contributed by atoms with Crippen molar-refractivity contribution in [2.24, 2.45) is 22.3 Å². The number of hydrogen-bond acceptors (Lipinski definition) is 6. The zero-order valence-corrected chi connectivity index (χ0v) is 16.6. The monoisotopic (exact) mass is 344 g/mol. The van der Waals surface area contributed by atoms with E-state index >= 15 is 0 Å². The predicted molar refractivity (Wildman–Crippen MR) is 97.6 cm³/mol. The van der Waals surface area contributed by atoms with Crippen LogP contribution in [0.5, 0.6) is 0 Å². The molecule has 0 saturated heterocycles. The molecule has 0 atom stereocenters. The molecule has 0 rings (SSSR count). The summed E-state index contributed by atoms with van der Waals surface area (Å²) in [6.07, 6.45) is 0.146. The van der Waals surface area contributed by atoms with Crippen molar-refractivity contribution < 1.29 is 19.2 Å². The van der Waals surface area contributed by atoms with E-state index in [1.807, 2.05) is 41.5 Å². The number of rotatable bonds is 5. The van der Waals surface area contributed by atoms with E-state index in [2.05, 4.69) is 0 Å². The Labute approximate surface area is 146 Å². The molecule has 142 valence electrons. The maximum absolute atomic E-state index is 11.1. The van der Waals surface area contributed by atoms with Crippen molar-refractivity contribution in [2.45, 2.75) is 68.2 Å². The molecule has 0 aliphatic heterocycles. The smallest absolute Gasteiger partial charge is 0.145 e. The molecule has 0 bridgehead atoms. The maximum Gasteiger partial charge on any atom is 0.145 e. The van der Waals surface area contributed by atoms with Crippen LogP contribution in [-0.2, 0) is 19.2 Å². The predicted octanol–water partition coefficient (Wildman–Crippen LogP) is 2.07. The number of nitrogens with two attached hydrogens (primary N) is 2. The summed E-state index contributed by atoms with van der Waals surface area (Å²) in [5.41, 5.74) is 9.07. The third-order valence-corrected chi connectivity index (χ3v) is 2.66. The Morgan fingerprint density at radius 2 is 0.833 bits per heavy atom. The van der Waals surface area contributed by atoms with Crippen LogP contribution in [-0.4, -0.2) is 36.2 Å². The number of hydrogen-bond donors (Lipinski definition) is 2. The number of carbonyl (C=O) groups excluding carboxylic acids is 4. The van der Waals surface area contributed by atoms with Gasteiger partial charge in [0.15, 0.2) is 0 Å². The molecule has 0 fully saturated rings. The van der Waals surface area contributed by atoms with Crippen molar-refractivity contribution in [1.29, 1.82) is 0 Å². The summed E-state index contributed by atoms with van der Waals surface area (Å²) >= 11 is 0. The molecule has 0 amide bonds. The topological polar surface area (TPSA) is 120 Å². The van der Waals surface area contributed by atoms with Gasteiger partial charge in [-0.3, -0.25) is 19.2 Å². The van der Waals surface area contributed by atoms with Gasteiger partial charge in [0.2, 0.25) is 0 Å². The van der Waals surface area contributed by atoms with Crippen molar-refractivity contribution in [1.82, 2.24) is 0 Å². The molecule has 0 unspecified atom stereocenters. The fourth-order valence-corrected chi connectivity index (χ4v) is 0.983. The molecule has 0 aromatic carbocycles. The molecular weight excluding hydrogens is 308 g/mol. The highest BCUT2D eigenvalue weighted by Crippen LogP contribution is 2.17. The second-order valence-electron chi connectivity index (χ2n) is 7.68. The standard InChI is InChI=1S/2C8H14O2.C2H8N2/c2*1-6(9)5-7(10)8(2,3)4;3-1-2-4/h2*5H2,1-4H3;1-4H2. The first kappa shape index (κ1) is 27.4. The Morgan fingerprint density at radius 3 is 0.875 bits per heavy atom. The summed E-state index contributed by atoms with van der Waals surface area (Å²) in [5.74, 6) is -0.0835. The molecular formula is C18H36N2O4. The lowest BCUT2D eigenvalue weighted by atomic mass is 9.88. The third kappa shape index (κ3) is 20.6. The van der Waals surface area contributed by atoms with Gasteiger partial charge in [0.05, 0.1) is 12.8 Å². The lowest BCUT2D eigenvalue weighted by Crippen LogP contribution is -2.21.